The predicted molar refractivity (Wildman–Crippen MR) is 115 cm³/mol. The van der Waals surface area contributed by atoms with Crippen LogP contribution in [0.1, 0.15) is 11.1 Å². The monoisotopic (exact) mass is 416 g/mol. The number of rotatable bonds is 9. The minimum atomic E-state index is -0.626. The molecule has 0 saturated heterocycles. The first-order chi connectivity index (χ1) is 15.3. The molecule has 0 amide bonds. The molecule has 1 aromatic heterocycles. The molecular weight excluding hydrogens is 395 g/mol. The van der Waals surface area contributed by atoms with E-state index >= 15 is 0 Å². The Balaban J connectivity index is 1.28. The Morgan fingerprint density at radius 3 is 2.13 bits per heavy atom. The van der Waals surface area contributed by atoms with Gasteiger partial charge in [-0.2, -0.15) is 9.37 Å². The minimum absolute atomic E-state index is 0.0719. The molecule has 4 aromatic rings. The SMILES string of the molecule is Fc1cnc(OCc2ccccc2)nc1OCCc1ccc(Oc2ccccc2)cc1. The number of aromatic nitrogens is 2. The second-order valence-electron chi connectivity index (χ2n) is 6.74. The molecule has 0 radical (unpaired) electrons. The van der Waals surface area contributed by atoms with E-state index in [1.54, 1.807) is 0 Å². The topological polar surface area (TPSA) is 53.5 Å². The lowest BCUT2D eigenvalue weighted by Gasteiger charge is -2.09. The third kappa shape index (κ3) is 6.02. The molecule has 3 aromatic carbocycles. The zero-order chi connectivity index (χ0) is 21.3. The van der Waals surface area contributed by atoms with E-state index in [1.807, 2.05) is 84.9 Å². The van der Waals surface area contributed by atoms with Crippen molar-refractivity contribution in [3.8, 4) is 23.4 Å². The quantitative estimate of drug-likeness (QED) is 0.355. The molecule has 6 heteroatoms. The summed E-state index contributed by atoms with van der Waals surface area (Å²) in [6.45, 7) is 0.564. The van der Waals surface area contributed by atoms with Gasteiger partial charge in [0.15, 0.2) is 0 Å². The third-order valence-electron chi connectivity index (χ3n) is 4.43. The summed E-state index contributed by atoms with van der Waals surface area (Å²) in [7, 11) is 0. The van der Waals surface area contributed by atoms with E-state index in [-0.39, 0.29) is 18.5 Å². The predicted octanol–water partition coefficient (Wildman–Crippen LogP) is 5.61. The summed E-state index contributed by atoms with van der Waals surface area (Å²) in [4.78, 5) is 7.89. The standard InChI is InChI=1S/C25H21FN2O3/c26-23-17-27-25(30-18-20-7-3-1-4-8-20)28-24(23)29-16-15-19-11-13-22(14-12-19)31-21-9-5-2-6-10-21/h1-14,17H,15-16,18H2. The maximum atomic E-state index is 14.0. The van der Waals surface area contributed by atoms with Gasteiger partial charge in [-0.1, -0.05) is 60.7 Å². The van der Waals surface area contributed by atoms with Crippen molar-refractivity contribution in [1.82, 2.24) is 9.97 Å². The van der Waals surface area contributed by atoms with Crippen molar-refractivity contribution in [1.29, 1.82) is 0 Å². The number of nitrogens with zero attached hydrogens (tertiary/aromatic N) is 2. The zero-order valence-electron chi connectivity index (χ0n) is 16.8. The summed E-state index contributed by atoms with van der Waals surface area (Å²) in [5.74, 6) is 0.779. The van der Waals surface area contributed by atoms with Crippen LogP contribution in [-0.4, -0.2) is 16.6 Å². The minimum Gasteiger partial charge on any atom is -0.475 e. The number of hydrogen-bond acceptors (Lipinski definition) is 5. The van der Waals surface area contributed by atoms with E-state index < -0.39 is 5.82 Å². The molecule has 0 unspecified atom stereocenters. The van der Waals surface area contributed by atoms with Crippen molar-refractivity contribution >= 4 is 0 Å². The number of benzene rings is 3. The molecule has 4 rings (SSSR count). The zero-order valence-corrected chi connectivity index (χ0v) is 16.8. The van der Waals surface area contributed by atoms with Crippen LogP contribution in [0, 0.1) is 5.82 Å². The lowest BCUT2D eigenvalue weighted by atomic mass is 10.1. The Morgan fingerprint density at radius 2 is 1.39 bits per heavy atom. The molecule has 0 N–H and O–H groups in total. The van der Waals surface area contributed by atoms with E-state index in [2.05, 4.69) is 9.97 Å². The molecule has 5 nitrogen and oxygen atoms in total. The van der Waals surface area contributed by atoms with Crippen molar-refractivity contribution < 1.29 is 18.6 Å². The number of ether oxygens (including phenoxy) is 3. The second kappa shape index (κ2) is 10.2. The van der Waals surface area contributed by atoms with Gasteiger partial charge in [-0.25, -0.2) is 4.98 Å². The van der Waals surface area contributed by atoms with Gasteiger partial charge in [-0.05, 0) is 35.4 Å². The Hall–Kier alpha value is -3.93. The van der Waals surface area contributed by atoms with Crippen molar-refractivity contribution in [2.24, 2.45) is 0 Å². The van der Waals surface area contributed by atoms with Crippen molar-refractivity contribution in [2.45, 2.75) is 13.0 Å². The number of halogens is 1. The van der Waals surface area contributed by atoms with Crippen LogP contribution in [-0.2, 0) is 13.0 Å². The number of hydrogen-bond donors (Lipinski definition) is 0. The van der Waals surface area contributed by atoms with Crippen LogP contribution in [0.2, 0.25) is 0 Å². The van der Waals surface area contributed by atoms with Crippen molar-refractivity contribution in [3.63, 3.8) is 0 Å². The van der Waals surface area contributed by atoms with Gasteiger partial charge < -0.3 is 14.2 Å². The van der Waals surface area contributed by atoms with Crippen molar-refractivity contribution in [3.05, 3.63) is 108 Å². The Kier molecular flexibility index (Phi) is 6.70. The normalized spacial score (nSPS) is 10.5. The first-order valence-corrected chi connectivity index (χ1v) is 9.90. The fourth-order valence-electron chi connectivity index (χ4n) is 2.84. The second-order valence-corrected chi connectivity index (χ2v) is 6.74. The van der Waals surface area contributed by atoms with Gasteiger partial charge >= 0.3 is 6.01 Å². The molecule has 0 aliphatic carbocycles. The molecule has 0 fully saturated rings. The Labute approximate surface area is 180 Å². The van der Waals surface area contributed by atoms with Gasteiger partial charge in [0.1, 0.15) is 18.1 Å². The molecule has 0 spiro atoms. The summed E-state index contributed by atoms with van der Waals surface area (Å²) < 4.78 is 30.8. The highest BCUT2D eigenvalue weighted by Crippen LogP contribution is 2.22. The molecule has 0 aliphatic rings. The lowest BCUT2D eigenvalue weighted by molar-refractivity contribution is 0.254. The Bertz CT molecular complexity index is 1090. The van der Waals surface area contributed by atoms with Gasteiger partial charge in [0.2, 0.25) is 5.82 Å². The third-order valence-corrected chi connectivity index (χ3v) is 4.43. The van der Waals surface area contributed by atoms with Crippen LogP contribution in [0.15, 0.2) is 91.1 Å². The molecule has 0 saturated carbocycles. The fraction of sp³-hybridized carbons (Fsp3) is 0.120. The average molecular weight is 416 g/mol. The van der Waals surface area contributed by atoms with Crippen LogP contribution in [0.25, 0.3) is 0 Å². The molecule has 0 aliphatic heterocycles. The van der Waals surface area contributed by atoms with Crippen molar-refractivity contribution in [2.75, 3.05) is 6.61 Å². The molecule has 1 heterocycles. The van der Waals surface area contributed by atoms with Gasteiger partial charge in [-0.15, -0.1) is 0 Å². The first kappa shape index (κ1) is 20.3. The summed E-state index contributed by atoms with van der Waals surface area (Å²) in [6.07, 6.45) is 1.65. The largest absolute Gasteiger partial charge is 0.475 e. The maximum Gasteiger partial charge on any atom is 0.320 e. The summed E-state index contributed by atoms with van der Waals surface area (Å²) in [5.41, 5.74) is 2.01. The summed E-state index contributed by atoms with van der Waals surface area (Å²) in [5, 5.41) is 0. The smallest absolute Gasteiger partial charge is 0.320 e. The van der Waals surface area contributed by atoms with Gasteiger partial charge in [0, 0.05) is 6.42 Å². The molecule has 0 atom stereocenters. The molecular formula is C25H21FN2O3. The average Bonchev–Trinajstić information content (AvgIpc) is 2.82. The summed E-state index contributed by atoms with van der Waals surface area (Å²) >= 11 is 0. The van der Waals surface area contributed by atoms with Crippen LogP contribution in [0.5, 0.6) is 23.4 Å². The highest BCUT2D eigenvalue weighted by atomic mass is 19.1. The first-order valence-electron chi connectivity index (χ1n) is 9.90. The highest BCUT2D eigenvalue weighted by molar-refractivity contribution is 5.33. The van der Waals surface area contributed by atoms with Crippen LogP contribution in [0.4, 0.5) is 4.39 Å². The van der Waals surface area contributed by atoms with Crippen LogP contribution < -0.4 is 14.2 Å². The van der Waals surface area contributed by atoms with E-state index in [9.17, 15) is 4.39 Å². The summed E-state index contributed by atoms with van der Waals surface area (Å²) in [6, 6.07) is 26.9. The van der Waals surface area contributed by atoms with E-state index in [0.717, 1.165) is 28.8 Å². The number of para-hydroxylation sites is 1. The lowest BCUT2D eigenvalue weighted by Crippen LogP contribution is -2.07. The Morgan fingerprint density at radius 1 is 0.710 bits per heavy atom. The van der Waals surface area contributed by atoms with E-state index in [0.29, 0.717) is 13.0 Å². The fourth-order valence-corrected chi connectivity index (χ4v) is 2.84. The van der Waals surface area contributed by atoms with E-state index in [1.165, 1.54) is 0 Å². The molecule has 0 bridgehead atoms. The van der Waals surface area contributed by atoms with Crippen LogP contribution in [0.3, 0.4) is 0 Å². The molecule has 156 valence electrons. The van der Waals surface area contributed by atoms with E-state index in [4.69, 9.17) is 14.2 Å². The van der Waals surface area contributed by atoms with Gasteiger partial charge in [0.25, 0.3) is 5.88 Å². The van der Waals surface area contributed by atoms with Crippen LogP contribution >= 0.6 is 0 Å². The highest BCUT2D eigenvalue weighted by Gasteiger charge is 2.10. The van der Waals surface area contributed by atoms with Gasteiger partial charge in [0.05, 0.1) is 12.8 Å². The molecule has 31 heavy (non-hydrogen) atoms. The van der Waals surface area contributed by atoms with Gasteiger partial charge in [-0.3, -0.25) is 0 Å². The maximum absolute atomic E-state index is 14.0.